The van der Waals surface area contributed by atoms with Crippen molar-refractivity contribution in [2.24, 2.45) is 5.92 Å². The number of hydrogen-bond acceptors (Lipinski definition) is 7. The molecule has 0 aliphatic carbocycles. The first-order valence-electron chi connectivity index (χ1n) is 7.11. The minimum absolute atomic E-state index is 0.174. The highest BCUT2D eigenvalue weighted by molar-refractivity contribution is 5.35. The number of nitrogens with zero attached hydrogens (tertiary/aromatic N) is 3. The number of anilines is 2. The third-order valence-electron chi connectivity index (χ3n) is 2.66. The first-order chi connectivity index (χ1) is 9.56. The zero-order valence-electron chi connectivity index (χ0n) is 12.7. The molecular weight excluding hydrogens is 258 g/mol. The van der Waals surface area contributed by atoms with Crippen LogP contribution in [0.25, 0.3) is 0 Å². The highest BCUT2D eigenvalue weighted by Gasteiger charge is 2.11. The van der Waals surface area contributed by atoms with Crippen LogP contribution < -0.4 is 15.4 Å². The van der Waals surface area contributed by atoms with Gasteiger partial charge in [-0.3, -0.25) is 0 Å². The van der Waals surface area contributed by atoms with Gasteiger partial charge in [-0.15, -0.1) is 0 Å². The molecule has 0 aliphatic heterocycles. The Bertz CT molecular complexity index is 400. The predicted molar refractivity (Wildman–Crippen MR) is 79.1 cm³/mol. The summed E-state index contributed by atoms with van der Waals surface area (Å²) in [6, 6.07) is 0.280. The molecule has 0 fully saturated rings. The molecule has 0 aliphatic rings. The molecule has 1 unspecified atom stereocenters. The van der Waals surface area contributed by atoms with E-state index in [1.165, 1.54) is 0 Å². The van der Waals surface area contributed by atoms with Crippen LogP contribution in [-0.4, -0.2) is 45.9 Å². The Labute approximate surface area is 120 Å². The van der Waals surface area contributed by atoms with Crippen molar-refractivity contribution in [3.8, 4) is 6.01 Å². The predicted octanol–water partition coefficient (Wildman–Crippen LogP) is 1.52. The molecule has 0 amide bonds. The Kier molecular flexibility index (Phi) is 7.00. The fourth-order valence-corrected chi connectivity index (χ4v) is 1.38. The number of ether oxygens (including phenoxy) is 1. The summed E-state index contributed by atoms with van der Waals surface area (Å²) in [6.45, 7) is 9.52. The maximum Gasteiger partial charge on any atom is 0.323 e. The molecule has 0 bridgehead atoms. The molecule has 7 heteroatoms. The zero-order valence-corrected chi connectivity index (χ0v) is 12.7. The van der Waals surface area contributed by atoms with E-state index in [9.17, 15) is 5.11 Å². The fourth-order valence-electron chi connectivity index (χ4n) is 1.38. The monoisotopic (exact) mass is 283 g/mol. The summed E-state index contributed by atoms with van der Waals surface area (Å²) >= 11 is 0. The Morgan fingerprint density at radius 3 is 2.30 bits per heavy atom. The maximum atomic E-state index is 9.79. The van der Waals surface area contributed by atoms with Gasteiger partial charge in [0.25, 0.3) is 0 Å². The van der Waals surface area contributed by atoms with Gasteiger partial charge in [-0.25, -0.2) is 0 Å². The van der Waals surface area contributed by atoms with Crippen molar-refractivity contribution >= 4 is 11.9 Å². The van der Waals surface area contributed by atoms with Crippen LogP contribution >= 0.6 is 0 Å². The summed E-state index contributed by atoms with van der Waals surface area (Å²) in [5.41, 5.74) is 0. The third-order valence-corrected chi connectivity index (χ3v) is 2.66. The quantitative estimate of drug-likeness (QED) is 0.632. The maximum absolute atomic E-state index is 9.79. The Morgan fingerprint density at radius 2 is 1.75 bits per heavy atom. The van der Waals surface area contributed by atoms with Crippen molar-refractivity contribution in [3.05, 3.63) is 0 Å². The van der Waals surface area contributed by atoms with Gasteiger partial charge in [-0.2, -0.15) is 15.0 Å². The van der Waals surface area contributed by atoms with Crippen LogP contribution in [0.15, 0.2) is 0 Å². The number of aliphatic hydroxyl groups is 1. The molecule has 1 aromatic rings. The van der Waals surface area contributed by atoms with Crippen molar-refractivity contribution in [1.82, 2.24) is 15.0 Å². The molecule has 1 aromatic heterocycles. The van der Waals surface area contributed by atoms with Crippen molar-refractivity contribution in [1.29, 1.82) is 0 Å². The first kappa shape index (κ1) is 16.4. The topological polar surface area (TPSA) is 92.2 Å². The van der Waals surface area contributed by atoms with E-state index in [1.807, 2.05) is 20.8 Å². The molecule has 1 rings (SSSR count). The number of rotatable bonds is 9. The summed E-state index contributed by atoms with van der Waals surface area (Å²) in [4.78, 5) is 12.6. The van der Waals surface area contributed by atoms with E-state index in [2.05, 4.69) is 32.5 Å². The van der Waals surface area contributed by atoms with Gasteiger partial charge in [-0.1, -0.05) is 20.8 Å². The fraction of sp³-hybridized carbons (Fsp3) is 0.769. The van der Waals surface area contributed by atoms with Crippen LogP contribution in [0.5, 0.6) is 6.01 Å². The van der Waals surface area contributed by atoms with Crippen LogP contribution in [0, 0.1) is 5.92 Å². The summed E-state index contributed by atoms with van der Waals surface area (Å²) in [6.07, 6.45) is 0.527. The smallest absolute Gasteiger partial charge is 0.323 e. The normalized spacial score (nSPS) is 12.3. The van der Waals surface area contributed by atoms with Crippen LogP contribution in [0.1, 0.15) is 34.1 Å². The van der Waals surface area contributed by atoms with E-state index in [-0.39, 0.29) is 11.9 Å². The van der Waals surface area contributed by atoms with Crippen molar-refractivity contribution in [2.45, 2.75) is 40.2 Å². The van der Waals surface area contributed by atoms with E-state index in [4.69, 9.17) is 4.74 Å². The molecule has 0 spiro atoms. The third kappa shape index (κ3) is 5.56. The highest BCUT2D eigenvalue weighted by atomic mass is 16.5. The average molecular weight is 283 g/mol. The lowest BCUT2D eigenvalue weighted by atomic mass is 10.1. The van der Waals surface area contributed by atoms with Crippen molar-refractivity contribution in [2.75, 3.05) is 30.3 Å². The molecule has 0 radical (unpaired) electrons. The van der Waals surface area contributed by atoms with E-state index in [0.717, 1.165) is 13.0 Å². The van der Waals surface area contributed by atoms with E-state index in [0.29, 0.717) is 25.0 Å². The van der Waals surface area contributed by atoms with Gasteiger partial charge >= 0.3 is 6.01 Å². The highest BCUT2D eigenvalue weighted by Crippen LogP contribution is 2.12. The number of aliphatic hydroxyl groups excluding tert-OH is 1. The lowest BCUT2D eigenvalue weighted by Gasteiger charge is -2.15. The lowest BCUT2D eigenvalue weighted by Crippen LogP contribution is -2.25. The molecule has 0 saturated carbocycles. The van der Waals surface area contributed by atoms with Gasteiger partial charge < -0.3 is 20.5 Å². The van der Waals surface area contributed by atoms with Gasteiger partial charge in [-0.05, 0) is 19.3 Å². The van der Waals surface area contributed by atoms with E-state index >= 15 is 0 Å². The van der Waals surface area contributed by atoms with Gasteiger partial charge in [0.1, 0.15) is 0 Å². The molecule has 1 atom stereocenters. The van der Waals surface area contributed by atoms with Gasteiger partial charge in [0.15, 0.2) is 0 Å². The molecule has 0 saturated heterocycles. The zero-order chi connectivity index (χ0) is 15.0. The lowest BCUT2D eigenvalue weighted by molar-refractivity contribution is 0.137. The molecular formula is C13H25N5O2. The summed E-state index contributed by atoms with van der Waals surface area (Å²) < 4.78 is 5.32. The SMILES string of the molecule is CCCNc1nc(NCC(O)C(C)C)nc(OCC)n1. The Morgan fingerprint density at radius 1 is 1.10 bits per heavy atom. The molecule has 114 valence electrons. The van der Waals surface area contributed by atoms with Crippen LogP contribution in [0.3, 0.4) is 0 Å². The summed E-state index contributed by atoms with van der Waals surface area (Å²) in [7, 11) is 0. The van der Waals surface area contributed by atoms with Crippen LogP contribution in [0.4, 0.5) is 11.9 Å². The van der Waals surface area contributed by atoms with Crippen molar-refractivity contribution < 1.29 is 9.84 Å². The minimum atomic E-state index is -0.450. The second-order valence-corrected chi connectivity index (χ2v) is 4.82. The van der Waals surface area contributed by atoms with Gasteiger partial charge in [0.05, 0.1) is 12.7 Å². The minimum Gasteiger partial charge on any atom is -0.464 e. The Hall–Kier alpha value is -1.63. The molecule has 3 N–H and O–H groups in total. The van der Waals surface area contributed by atoms with Gasteiger partial charge in [0, 0.05) is 13.1 Å². The second-order valence-electron chi connectivity index (χ2n) is 4.82. The van der Waals surface area contributed by atoms with E-state index < -0.39 is 6.10 Å². The second kappa shape index (κ2) is 8.52. The summed E-state index contributed by atoms with van der Waals surface area (Å²) in [5, 5.41) is 15.9. The Balaban J connectivity index is 2.74. The molecule has 20 heavy (non-hydrogen) atoms. The standard InChI is InChI=1S/C13H25N5O2/c1-5-7-14-11-16-12(15-8-10(19)9(3)4)18-13(17-11)20-6-2/h9-10,19H,5-8H2,1-4H3,(H2,14,15,16,17,18). The molecule has 0 aromatic carbocycles. The number of aromatic nitrogens is 3. The largest absolute Gasteiger partial charge is 0.464 e. The van der Waals surface area contributed by atoms with E-state index in [1.54, 1.807) is 0 Å². The average Bonchev–Trinajstić information content (AvgIpc) is 2.42. The van der Waals surface area contributed by atoms with Crippen LogP contribution in [-0.2, 0) is 0 Å². The van der Waals surface area contributed by atoms with Crippen LogP contribution in [0.2, 0.25) is 0 Å². The van der Waals surface area contributed by atoms with Gasteiger partial charge in [0.2, 0.25) is 11.9 Å². The van der Waals surface area contributed by atoms with Crippen molar-refractivity contribution in [3.63, 3.8) is 0 Å². The summed E-state index contributed by atoms with van der Waals surface area (Å²) in [5.74, 6) is 1.06. The number of hydrogen-bond donors (Lipinski definition) is 3. The molecule has 7 nitrogen and oxygen atoms in total. The molecule has 1 heterocycles. The number of nitrogens with one attached hydrogen (secondary N) is 2. The first-order valence-corrected chi connectivity index (χ1v) is 7.11.